The van der Waals surface area contributed by atoms with Crippen LogP contribution in [0.5, 0.6) is 0 Å². The lowest BCUT2D eigenvalue weighted by atomic mass is 10.1. The van der Waals surface area contributed by atoms with Gasteiger partial charge in [0.1, 0.15) is 6.26 Å². The van der Waals surface area contributed by atoms with Gasteiger partial charge in [0.2, 0.25) is 5.96 Å². The van der Waals surface area contributed by atoms with Crippen LogP contribution in [0.3, 0.4) is 0 Å². The predicted molar refractivity (Wildman–Crippen MR) is 107 cm³/mol. The minimum absolute atomic E-state index is 0.343. The first-order chi connectivity index (χ1) is 12.0. The van der Waals surface area contributed by atoms with Crippen LogP contribution in [0.25, 0.3) is 10.8 Å². The summed E-state index contributed by atoms with van der Waals surface area (Å²) in [5.74, 6) is 0.343. The zero-order valence-corrected chi connectivity index (χ0v) is 15.4. The highest BCUT2D eigenvalue weighted by Crippen LogP contribution is 2.27. The highest BCUT2D eigenvalue weighted by molar-refractivity contribution is 7.90. The third-order valence-electron chi connectivity index (χ3n) is 4.30. The first kappa shape index (κ1) is 17.3. The average Bonchev–Trinajstić information content (AvgIpc) is 2.65. The smallest absolute Gasteiger partial charge is 0.202 e. The van der Waals surface area contributed by atoms with Crippen molar-refractivity contribution in [2.24, 2.45) is 0 Å². The van der Waals surface area contributed by atoms with E-state index in [9.17, 15) is 4.55 Å². The summed E-state index contributed by atoms with van der Waals surface area (Å²) < 4.78 is 11.7. The Morgan fingerprint density at radius 3 is 2.36 bits per heavy atom. The minimum atomic E-state index is -1.05. The van der Waals surface area contributed by atoms with Crippen LogP contribution >= 0.6 is 0 Å². The lowest BCUT2D eigenvalue weighted by molar-refractivity contribution is 0.601. The normalized spacial score (nSPS) is 12.0. The van der Waals surface area contributed by atoms with Crippen molar-refractivity contribution in [2.45, 2.75) is 4.90 Å². The van der Waals surface area contributed by atoms with Gasteiger partial charge in [-0.1, -0.05) is 42.5 Å². The first-order valence-electron chi connectivity index (χ1n) is 7.96. The Kier molecular flexibility index (Phi) is 4.97. The van der Waals surface area contributed by atoms with Crippen LogP contribution in [-0.2, 0) is 11.2 Å². The summed E-state index contributed by atoms with van der Waals surface area (Å²) in [5.41, 5.74) is 1.81. The van der Waals surface area contributed by atoms with Gasteiger partial charge in [-0.2, -0.15) is 0 Å². The highest BCUT2D eigenvalue weighted by atomic mass is 32.2. The summed E-state index contributed by atoms with van der Waals surface area (Å²) in [6.45, 7) is 0. The van der Waals surface area contributed by atoms with E-state index in [4.69, 9.17) is 5.41 Å². The molecule has 5 heteroatoms. The van der Waals surface area contributed by atoms with E-state index < -0.39 is 11.2 Å². The van der Waals surface area contributed by atoms with E-state index >= 15 is 0 Å². The van der Waals surface area contributed by atoms with Crippen molar-refractivity contribution in [3.8, 4) is 0 Å². The maximum Gasteiger partial charge on any atom is 0.202 e. The second-order valence-electron chi connectivity index (χ2n) is 5.89. The summed E-state index contributed by atoms with van der Waals surface area (Å²) in [6, 6.07) is 21.7. The zero-order chi connectivity index (χ0) is 18.0. The molecule has 25 heavy (non-hydrogen) atoms. The number of nitrogens with zero attached hydrogens (tertiary/aromatic N) is 2. The zero-order valence-electron chi connectivity index (χ0n) is 14.6. The Hall–Kier alpha value is -2.50. The number of fused-ring (bicyclic) bond motifs is 1. The number of rotatable bonds is 3. The predicted octanol–water partition coefficient (Wildman–Crippen LogP) is 4.08. The Balaban J connectivity index is 1.93. The number of guanidine groups is 1. The van der Waals surface area contributed by atoms with Crippen molar-refractivity contribution < 1.29 is 4.55 Å². The van der Waals surface area contributed by atoms with Crippen LogP contribution in [0.2, 0.25) is 0 Å². The molecule has 1 atom stereocenters. The van der Waals surface area contributed by atoms with Gasteiger partial charge in [0.25, 0.3) is 0 Å². The minimum Gasteiger partial charge on any atom is -0.612 e. The van der Waals surface area contributed by atoms with Crippen molar-refractivity contribution in [2.75, 3.05) is 30.2 Å². The van der Waals surface area contributed by atoms with Crippen LogP contribution in [0.15, 0.2) is 71.6 Å². The molecule has 0 bridgehead atoms. The maximum atomic E-state index is 11.7. The van der Waals surface area contributed by atoms with Crippen molar-refractivity contribution in [3.63, 3.8) is 0 Å². The highest BCUT2D eigenvalue weighted by Gasteiger charge is 2.17. The Bertz CT molecular complexity index is 905. The molecule has 0 fully saturated rings. The van der Waals surface area contributed by atoms with Crippen molar-refractivity contribution >= 4 is 39.3 Å². The molecule has 1 unspecified atom stereocenters. The molecular weight excluding hydrogens is 330 g/mol. The molecule has 0 amide bonds. The fourth-order valence-electron chi connectivity index (χ4n) is 2.83. The van der Waals surface area contributed by atoms with Gasteiger partial charge in [0.05, 0.1) is 5.69 Å². The topological polar surface area (TPSA) is 53.4 Å². The molecule has 0 aliphatic rings. The summed E-state index contributed by atoms with van der Waals surface area (Å²) in [4.78, 5) is 4.40. The third kappa shape index (κ3) is 3.48. The number of hydrogen-bond acceptors (Lipinski definition) is 2. The number of benzene rings is 3. The molecule has 0 spiro atoms. The Morgan fingerprint density at radius 1 is 0.920 bits per heavy atom. The van der Waals surface area contributed by atoms with Crippen LogP contribution < -0.4 is 9.80 Å². The molecule has 1 N–H and O–H groups in total. The largest absolute Gasteiger partial charge is 0.612 e. The van der Waals surface area contributed by atoms with Crippen molar-refractivity contribution in [3.05, 3.63) is 66.7 Å². The second-order valence-corrected chi connectivity index (χ2v) is 7.27. The van der Waals surface area contributed by atoms with E-state index in [1.54, 1.807) is 11.2 Å². The van der Waals surface area contributed by atoms with E-state index in [0.717, 1.165) is 27.0 Å². The van der Waals surface area contributed by atoms with Crippen LogP contribution in [0, 0.1) is 5.41 Å². The Labute approximate surface area is 151 Å². The summed E-state index contributed by atoms with van der Waals surface area (Å²) in [6.07, 6.45) is 1.66. The van der Waals surface area contributed by atoms with Gasteiger partial charge in [-0.05, 0) is 34.8 Å². The molecule has 0 aromatic heterocycles. The quantitative estimate of drug-likeness (QED) is 0.439. The monoisotopic (exact) mass is 351 g/mol. The SMILES string of the molecule is CN(C(=N)N(C)c1cccc2ccccc12)c1cccc([S+](C)[O-])c1. The van der Waals surface area contributed by atoms with Gasteiger partial charge in [-0.25, -0.2) is 0 Å². The molecular formula is C20H21N3OS. The average molecular weight is 351 g/mol. The molecule has 0 aliphatic heterocycles. The van der Waals surface area contributed by atoms with Crippen LogP contribution in [0.4, 0.5) is 11.4 Å². The van der Waals surface area contributed by atoms with E-state index in [0.29, 0.717) is 5.96 Å². The lowest BCUT2D eigenvalue weighted by Crippen LogP contribution is -2.39. The van der Waals surface area contributed by atoms with Gasteiger partial charge in [-0.15, -0.1) is 0 Å². The second kappa shape index (κ2) is 7.17. The van der Waals surface area contributed by atoms with E-state index in [1.165, 1.54) is 0 Å². The number of nitrogens with one attached hydrogen (secondary N) is 1. The molecule has 0 heterocycles. The molecule has 3 aromatic rings. The van der Waals surface area contributed by atoms with Gasteiger partial charge in [0.15, 0.2) is 4.90 Å². The molecule has 0 saturated carbocycles. The maximum absolute atomic E-state index is 11.7. The molecule has 0 radical (unpaired) electrons. The molecule has 3 aromatic carbocycles. The van der Waals surface area contributed by atoms with E-state index in [2.05, 4.69) is 18.2 Å². The van der Waals surface area contributed by atoms with Gasteiger partial charge in [0, 0.05) is 31.2 Å². The van der Waals surface area contributed by atoms with Gasteiger partial charge < -0.3 is 14.4 Å². The van der Waals surface area contributed by atoms with Crippen LogP contribution in [-0.4, -0.2) is 30.9 Å². The summed E-state index contributed by atoms with van der Waals surface area (Å²) >= 11 is -1.05. The first-order valence-corrected chi connectivity index (χ1v) is 9.52. The summed E-state index contributed by atoms with van der Waals surface area (Å²) in [5, 5.41) is 10.9. The Morgan fingerprint density at radius 2 is 1.60 bits per heavy atom. The summed E-state index contributed by atoms with van der Waals surface area (Å²) in [7, 11) is 3.74. The van der Waals surface area contributed by atoms with E-state index in [-0.39, 0.29) is 0 Å². The molecule has 0 aliphatic carbocycles. The number of anilines is 2. The fraction of sp³-hybridized carbons (Fsp3) is 0.150. The molecule has 128 valence electrons. The molecule has 3 rings (SSSR count). The van der Waals surface area contributed by atoms with Crippen molar-refractivity contribution in [1.29, 1.82) is 5.41 Å². The number of hydrogen-bond donors (Lipinski definition) is 1. The van der Waals surface area contributed by atoms with E-state index in [1.807, 2.05) is 67.5 Å². The lowest BCUT2D eigenvalue weighted by Gasteiger charge is -2.29. The van der Waals surface area contributed by atoms with Crippen molar-refractivity contribution in [1.82, 2.24) is 0 Å². The fourth-order valence-corrected chi connectivity index (χ4v) is 3.39. The van der Waals surface area contributed by atoms with Gasteiger partial charge in [-0.3, -0.25) is 5.41 Å². The molecule has 4 nitrogen and oxygen atoms in total. The third-order valence-corrected chi connectivity index (χ3v) is 5.22. The van der Waals surface area contributed by atoms with Crippen LogP contribution in [0.1, 0.15) is 0 Å². The molecule has 0 saturated heterocycles. The van der Waals surface area contributed by atoms with Gasteiger partial charge >= 0.3 is 0 Å². The standard InChI is InChI=1S/C20H21N3OS/c1-22(16-10-7-11-17(14-16)25(3)24)20(21)23(2)19-13-6-9-15-8-4-5-12-18(15)19/h4-14,21H,1-3H3.